The zero-order valence-corrected chi connectivity index (χ0v) is 14.4. The van der Waals surface area contributed by atoms with Gasteiger partial charge in [0.15, 0.2) is 9.84 Å². The molecule has 1 amide bonds. The Bertz CT molecular complexity index is 685. The Kier molecular flexibility index (Phi) is 4.94. The quantitative estimate of drug-likeness (QED) is 0.828. The molecule has 0 spiro atoms. The summed E-state index contributed by atoms with van der Waals surface area (Å²) in [6, 6.07) is 6.49. The lowest BCUT2D eigenvalue weighted by Gasteiger charge is -2.30. The van der Waals surface area contributed by atoms with Gasteiger partial charge in [-0.3, -0.25) is 4.79 Å². The molecule has 7 heteroatoms. The fourth-order valence-electron chi connectivity index (χ4n) is 3.21. The zero-order valence-electron chi connectivity index (χ0n) is 12.8. The van der Waals surface area contributed by atoms with Crippen LogP contribution < -0.4 is 0 Å². The van der Waals surface area contributed by atoms with Gasteiger partial charge >= 0.3 is 0 Å². The number of sulfone groups is 1. The van der Waals surface area contributed by atoms with E-state index in [9.17, 15) is 13.2 Å². The van der Waals surface area contributed by atoms with Crippen molar-refractivity contribution >= 4 is 27.3 Å². The normalized spacial score (nSPS) is 26.3. The van der Waals surface area contributed by atoms with E-state index >= 15 is 0 Å². The smallest absolute Gasteiger partial charge is 0.254 e. The van der Waals surface area contributed by atoms with Crippen molar-refractivity contribution in [1.82, 2.24) is 4.90 Å². The third kappa shape index (κ3) is 4.05. The van der Waals surface area contributed by atoms with Gasteiger partial charge < -0.3 is 9.64 Å². The van der Waals surface area contributed by atoms with Crippen LogP contribution in [0.4, 0.5) is 0 Å². The molecule has 2 atom stereocenters. The second-order valence-electron chi connectivity index (χ2n) is 6.16. The molecule has 5 nitrogen and oxygen atoms in total. The van der Waals surface area contributed by atoms with Gasteiger partial charge in [-0.1, -0.05) is 17.7 Å². The molecule has 23 heavy (non-hydrogen) atoms. The molecule has 1 aromatic rings. The molecule has 0 aliphatic carbocycles. The number of carbonyl (C=O) groups excluding carboxylic acids is 1. The van der Waals surface area contributed by atoms with Crippen LogP contribution in [0, 0.1) is 0 Å². The first-order valence-corrected chi connectivity index (χ1v) is 10.0. The maximum absolute atomic E-state index is 12.9. The van der Waals surface area contributed by atoms with Gasteiger partial charge in [-0.05, 0) is 37.5 Å². The first-order chi connectivity index (χ1) is 10.9. The van der Waals surface area contributed by atoms with Gasteiger partial charge in [-0.15, -0.1) is 0 Å². The van der Waals surface area contributed by atoms with Crippen LogP contribution in [-0.2, 0) is 14.6 Å². The number of hydrogen-bond donors (Lipinski definition) is 0. The minimum atomic E-state index is -3.06. The number of rotatable bonds is 4. The fraction of sp³-hybridized carbons (Fsp3) is 0.562. The number of nitrogens with zero attached hydrogens (tertiary/aromatic N) is 1. The van der Waals surface area contributed by atoms with E-state index in [4.69, 9.17) is 16.3 Å². The van der Waals surface area contributed by atoms with Crippen LogP contribution >= 0.6 is 11.6 Å². The minimum absolute atomic E-state index is 0.0126. The van der Waals surface area contributed by atoms with Gasteiger partial charge in [0.05, 0.1) is 17.6 Å². The molecule has 2 aliphatic rings. The van der Waals surface area contributed by atoms with E-state index in [1.165, 1.54) is 0 Å². The molecule has 3 rings (SSSR count). The van der Waals surface area contributed by atoms with Crippen LogP contribution in [-0.4, -0.2) is 56.0 Å². The monoisotopic (exact) mass is 357 g/mol. The first kappa shape index (κ1) is 16.7. The van der Waals surface area contributed by atoms with E-state index in [2.05, 4.69) is 0 Å². The molecule has 0 radical (unpaired) electrons. The van der Waals surface area contributed by atoms with Gasteiger partial charge in [-0.2, -0.15) is 0 Å². The largest absolute Gasteiger partial charge is 0.376 e. The van der Waals surface area contributed by atoms with Crippen molar-refractivity contribution < 1.29 is 17.9 Å². The molecule has 0 N–H and O–H groups in total. The van der Waals surface area contributed by atoms with Gasteiger partial charge in [0.2, 0.25) is 0 Å². The highest BCUT2D eigenvalue weighted by atomic mass is 35.5. The highest BCUT2D eigenvalue weighted by Gasteiger charge is 2.36. The van der Waals surface area contributed by atoms with Crippen molar-refractivity contribution in [2.75, 3.05) is 24.7 Å². The summed E-state index contributed by atoms with van der Waals surface area (Å²) in [5.41, 5.74) is 0.486. The molecular weight excluding hydrogens is 338 g/mol. The molecular formula is C16H20ClNO4S. The van der Waals surface area contributed by atoms with E-state index in [0.29, 0.717) is 30.2 Å². The predicted octanol–water partition coefficient (Wildman–Crippen LogP) is 2.15. The lowest BCUT2D eigenvalue weighted by atomic mass is 10.1. The zero-order chi connectivity index (χ0) is 16.4. The van der Waals surface area contributed by atoms with Crippen molar-refractivity contribution in [2.24, 2.45) is 0 Å². The maximum Gasteiger partial charge on any atom is 0.254 e. The maximum atomic E-state index is 12.9. The standard InChI is InChI=1S/C16H20ClNO4S/c17-13-4-1-3-12(9-13)16(19)18(10-15-5-2-7-22-15)14-6-8-23(20,21)11-14/h1,3-4,9,14-15H,2,5-8,10-11H2/t14-,15-/m1/s1. The van der Waals surface area contributed by atoms with E-state index < -0.39 is 9.84 Å². The first-order valence-electron chi connectivity index (χ1n) is 7.83. The topological polar surface area (TPSA) is 63.7 Å². The SMILES string of the molecule is O=C(c1cccc(Cl)c1)N(C[C@H]1CCCO1)[C@@H]1CCS(=O)(=O)C1. The lowest BCUT2D eigenvalue weighted by molar-refractivity contribution is 0.0441. The number of amides is 1. The van der Waals surface area contributed by atoms with Gasteiger partial charge in [0.1, 0.15) is 0 Å². The molecule has 126 valence electrons. The Morgan fingerprint density at radius 2 is 2.17 bits per heavy atom. The molecule has 0 bridgehead atoms. The number of ether oxygens (including phenoxy) is 1. The van der Waals surface area contributed by atoms with Crippen LogP contribution in [0.15, 0.2) is 24.3 Å². The number of carbonyl (C=O) groups is 1. The summed E-state index contributed by atoms with van der Waals surface area (Å²) in [7, 11) is -3.06. The molecule has 2 saturated heterocycles. The Morgan fingerprint density at radius 1 is 1.35 bits per heavy atom. The third-order valence-electron chi connectivity index (χ3n) is 4.41. The number of halogens is 1. The van der Waals surface area contributed by atoms with Crippen molar-refractivity contribution in [3.8, 4) is 0 Å². The number of hydrogen-bond acceptors (Lipinski definition) is 4. The van der Waals surface area contributed by atoms with Crippen molar-refractivity contribution in [3.05, 3.63) is 34.9 Å². The fourth-order valence-corrected chi connectivity index (χ4v) is 5.14. The Labute approximate surface area is 141 Å². The lowest BCUT2D eigenvalue weighted by Crippen LogP contribution is -2.45. The van der Waals surface area contributed by atoms with E-state index in [0.717, 1.165) is 12.8 Å². The van der Waals surface area contributed by atoms with Gasteiger partial charge in [-0.25, -0.2) is 8.42 Å². The Balaban J connectivity index is 1.83. The molecule has 0 aromatic heterocycles. The molecule has 0 unspecified atom stereocenters. The minimum Gasteiger partial charge on any atom is -0.376 e. The summed E-state index contributed by atoms with van der Waals surface area (Å²) in [4.78, 5) is 14.6. The van der Waals surface area contributed by atoms with Gasteiger partial charge in [0.25, 0.3) is 5.91 Å². The summed E-state index contributed by atoms with van der Waals surface area (Å²) in [6.07, 6.45) is 2.36. The van der Waals surface area contributed by atoms with Crippen molar-refractivity contribution in [3.63, 3.8) is 0 Å². The second-order valence-corrected chi connectivity index (χ2v) is 8.82. The van der Waals surface area contributed by atoms with Crippen molar-refractivity contribution in [1.29, 1.82) is 0 Å². The van der Waals surface area contributed by atoms with Crippen LogP contribution in [0.25, 0.3) is 0 Å². The predicted molar refractivity (Wildman–Crippen MR) is 88.5 cm³/mol. The van der Waals surface area contributed by atoms with E-state index in [1.807, 2.05) is 0 Å². The molecule has 2 fully saturated rings. The van der Waals surface area contributed by atoms with Crippen LogP contribution in [0.2, 0.25) is 5.02 Å². The average Bonchev–Trinajstić information content (AvgIpc) is 3.13. The highest BCUT2D eigenvalue weighted by Crippen LogP contribution is 2.24. The van der Waals surface area contributed by atoms with Crippen LogP contribution in [0.5, 0.6) is 0 Å². The number of benzene rings is 1. The van der Waals surface area contributed by atoms with E-state index in [-0.39, 0.29) is 29.6 Å². The summed E-state index contributed by atoms with van der Waals surface area (Å²) in [5, 5.41) is 0.493. The van der Waals surface area contributed by atoms with Crippen LogP contribution in [0.1, 0.15) is 29.6 Å². The van der Waals surface area contributed by atoms with E-state index in [1.54, 1.807) is 29.2 Å². The summed E-state index contributed by atoms with van der Waals surface area (Å²) >= 11 is 5.98. The van der Waals surface area contributed by atoms with Crippen molar-refractivity contribution in [2.45, 2.75) is 31.4 Å². The summed E-state index contributed by atoms with van der Waals surface area (Å²) in [6.45, 7) is 1.14. The molecule has 0 saturated carbocycles. The van der Waals surface area contributed by atoms with Crippen LogP contribution in [0.3, 0.4) is 0 Å². The highest BCUT2D eigenvalue weighted by molar-refractivity contribution is 7.91. The molecule has 2 aliphatic heterocycles. The van der Waals surface area contributed by atoms with Gasteiger partial charge in [0, 0.05) is 29.8 Å². The molecule has 2 heterocycles. The third-order valence-corrected chi connectivity index (χ3v) is 6.39. The summed E-state index contributed by atoms with van der Waals surface area (Å²) in [5.74, 6) is -0.000692. The average molecular weight is 358 g/mol. The molecule has 1 aromatic carbocycles. The summed E-state index contributed by atoms with van der Waals surface area (Å²) < 4.78 is 29.2. The Morgan fingerprint density at radius 3 is 2.78 bits per heavy atom. The Hall–Kier alpha value is -1.11. The second kappa shape index (κ2) is 6.79.